The van der Waals surface area contributed by atoms with Crippen molar-refractivity contribution in [2.45, 2.75) is 401 Å². The van der Waals surface area contributed by atoms with Crippen LogP contribution in [-0.4, -0.2) is 96.7 Å². The molecule has 0 radical (unpaired) electrons. The summed E-state index contributed by atoms with van der Waals surface area (Å²) in [5.41, 5.74) is 0. The van der Waals surface area contributed by atoms with Crippen molar-refractivity contribution < 1.29 is 80.2 Å². The minimum absolute atomic E-state index is 0.103. The third-order valence-electron chi connectivity index (χ3n) is 17.9. The first-order valence-corrected chi connectivity index (χ1v) is 42.2. The third kappa shape index (κ3) is 69.0. The van der Waals surface area contributed by atoms with Crippen LogP contribution in [0.2, 0.25) is 0 Å². The van der Waals surface area contributed by atoms with Crippen LogP contribution in [0.4, 0.5) is 0 Å². The number of carbonyl (C=O) groups is 4. The van der Waals surface area contributed by atoms with Gasteiger partial charge in [-0.25, -0.2) is 9.13 Å². The van der Waals surface area contributed by atoms with Gasteiger partial charge >= 0.3 is 39.5 Å². The van der Waals surface area contributed by atoms with Crippen molar-refractivity contribution in [1.29, 1.82) is 0 Å². The maximum Gasteiger partial charge on any atom is 0.472 e. The Morgan fingerprint density at radius 3 is 0.747 bits per heavy atom. The Balaban J connectivity index is 5.23. The molecule has 0 aliphatic heterocycles. The van der Waals surface area contributed by atoms with Crippen molar-refractivity contribution in [3.8, 4) is 0 Å². The number of esters is 4. The summed E-state index contributed by atoms with van der Waals surface area (Å²) in [5.74, 6) is 0.935. The molecule has 0 saturated carbocycles. The van der Waals surface area contributed by atoms with Crippen molar-refractivity contribution in [2.75, 3.05) is 39.6 Å². The molecule has 19 heteroatoms. The standard InChI is InChI=1S/C76H148O17P2/c1-9-69(8)55-47-39-31-22-18-14-10-11-15-19-23-32-40-48-56-73(78)86-62-71(92-75(80)58-50-42-34-24-20-16-12-13-17-21-28-36-44-52-66(2)3)64-90-94(82,83)88-60-70(77)61-89-95(84,85)91-65-72(93-76(81)59-51-43-35-27-30-38-46-54-68(6)7)63-87-74(79)57-49-41-33-26-25-29-37-45-53-67(4)5/h66-72,77H,9-65H2,1-8H3,(H,82,83)(H,84,85)/t69?,70?,71-,72-/m1/s1. The molecule has 3 N–H and O–H groups in total. The molecule has 0 saturated heterocycles. The molecule has 0 heterocycles. The third-order valence-corrected chi connectivity index (χ3v) is 19.8. The molecule has 0 aromatic heterocycles. The van der Waals surface area contributed by atoms with Crippen molar-refractivity contribution in [1.82, 2.24) is 0 Å². The number of hydrogen-bond donors (Lipinski definition) is 3. The van der Waals surface area contributed by atoms with Gasteiger partial charge < -0.3 is 33.8 Å². The lowest BCUT2D eigenvalue weighted by Gasteiger charge is -2.21. The van der Waals surface area contributed by atoms with Crippen LogP contribution < -0.4 is 0 Å². The van der Waals surface area contributed by atoms with Gasteiger partial charge in [0.15, 0.2) is 12.2 Å². The molecule has 4 unspecified atom stereocenters. The van der Waals surface area contributed by atoms with Crippen LogP contribution >= 0.6 is 15.6 Å². The van der Waals surface area contributed by atoms with E-state index in [0.29, 0.717) is 31.6 Å². The van der Waals surface area contributed by atoms with E-state index in [1.807, 2.05) is 0 Å². The van der Waals surface area contributed by atoms with Gasteiger partial charge in [0.2, 0.25) is 0 Å². The Bertz CT molecular complexity index is 1870. The number of phosphoric ester groups is 2. The van der Waals surface area contributed by atoms with Crippen LogP contribution in [0.15, 0.2) is 0 Å². The molecule has 95 heavy (non-hydrogen) atoms. The molecule has 0 aliphatic carbocycles. The molecule has 0 aromatic carbocycles. The van der Waals surface area contributed by atoms with E-state index < -0.39 is 97.5 Å². The second kappa shape index (κ2) is 65.4. The minimum atomic E-state index is -4.96. The van der Waals surface area contributed by atoms with Gasteiger partial charge in [-0.2, -0.15) is 0 Å². The van der Waals surface area contributed by atoms with Crippen LogP contribution in [0.1, 0.15) is 383 Å². The predicted octanol–water partition coefficient (Wildman–Crippen LogP) is 22.0. The molecule has 0 fully saturated rings. The van der Waals surface area contributed by atoms with Crippen molar-refractivity contribution >= 4 is 39.5 Å². The Hall–Kier alpha value is -1.94. The molecule has 0 aliphatic rings. The fourth-order valence-electron chi connectivity index (χ4n) is 11.5. The number of carbonyl (C=O) groups excluding carboxylic acids is 4. The fraction of sp³-hybridized carbons (Fsp3) is 0.947. The van der Waals surface area contributed by atoms with Gasteiger partial charge in [-0.15, -0.1) is 0 Å². The van der Waals surface area contributed by atoms with Crippen LogP contribution in [0.3, 0.4) is 0 Å². The Kier molecular flexibility index (Phi) is 64.0. The normalized spacial score (nSPS) is 14.4. The fourth-order valence-corrected chi connectivity index (χ4v) is 13.1. The molecule has 564 valence electrons. The minimum Gasteiger partial charge on any atom is -0.462 e. The maximum atomic E-state index is 13.1. The van der Waals surface area contributed by atoms with Crippen LogP contribution in [0, 0.1) is 23.7 Å². The zero-order valence-corrected chi connectivity index (χ0v) is 64.1. The largest absolute Gasteiger partial charge is 0.472 e. The zero-order chi connectivity index (χ0) is 70.3. The van der Waals surface area contributed by atoms with Crippen LogP contribution in [-0.2, 0) is 65.4 Å². The lowest BCUT2D eigenvalue weighted by molar-refractivity contribution is -0.161. The smallest absolute Gasteiger partial charge is 0.462 e. The van der Waals surface area contributed by atoms with Crippen LogP contribution in [0.25, 0.3) is 0 Å². The summed E-state index contributed by atoms with van der Waals surface area (Å²) in [6, 6.07) is 0. The van der Waals surface area contributed by atoms with Gasteiger partial charge in [0, 0.05) is 25.7 Å². The Morgan fingerprint density at radius 1 is 0.295 bits per heavy atom. The van der Waals surface area contributed by atoms with E-state index in [4.69, 9.17) is 37.0 Å². The maximum absolute atomic E-state index is 13.1. The SMILES string of the molecule is CCC(C)CCCCCCCCCCCCCCCCC(=O)OC[C@H](COP(=O)(O)OCC(O)COP(=O)(O)OC[C@@H](COC(=O)CCCCCCCCCCC(C)C)OC(=O)CCCCCCCCCC(C)C)OC(=O)CCCCCCCCCCCCCCCC(C)C. The summed E-state index contributed by atoms with van der Waals surface area (Å²) in [7, 11) is -9.91. The Labute approximate surface area is 581 Å². The van der Waals surface area contributed by atoms with Gasteiger partial charge in [0.1, 0.15) is 19.3 Å². The first-order chi connectivity index (χ1) is 45.6. The summed E-state index contributed by atoms with van der Waals surface area (Å²) < 4.78 is 68.5. The average molecular weight is 1400 g/mol. The number of rotatable bonds is 73. The van der Waals surface area contributed by atoms with E-state index in [9.17, 15) is 43.2 Å². The van der Waals surface area contributed by atoms with Gasteiger partial charge in [0.05, 0.1) is 26.4 Å². The summed E-state index contributed by atoms with van der Waals surface area (Å²) in [6.45, 7) is 14.2. The molecule has 0 rings (SSSR count). The predicted molar refractivity (Wildman–Crippen MR) is 386 cm³/mol. The molecule has 6 atom stereocenters. The lowest BCUT2D eigenvalue weighted by atomic mass is 9.99. The van der Waals surface area contributed by atoms with Gasteiger partial charge in [-0.3, -0.25) is 37.3 Å². The number of aliphatic hydroxyl groups excluding tert-OH is 1. The topological polar surface area (TPSA) is 237 Å². The number of ether oxygens (including phenoxy) is 4. The molecule has 0 bridgehead atoms. The van der Waals surface area contributed by atoms with Gasteiger partial charge in [0.25, 0.3) is 0 Å². The zero-order valence-electron chi connectivity index (χ0n) is 62.3. The highest BCUT2D eigenvalue weighted by molar-refractivity contribution is 7.47. The first-order valence-electron chi connectivity index (χ1n) is 39.2. The van der Waals surface area contributed by atoms with E-state index in [1.165, 1.54) is 186 Å². The average Bonchev–Trinajstić information content (AvgIpc) is 1.26. The second-order valence-corrected chi connectivity index (χ2v) is 32.0. The second-order valence-electron chi connectivity index (χ2n) is 29.1. The summed E-state index contributed by atoms with van der Waals surface area (Å²) in [6.07, 6.45) is 50.0. The lowest BCUT2D eigenvalue weighted by Crippen LogP contribution is -2.30. The highest BCUT2D eigenvalue weighted by Gasteiger charge is 2.30. The number of aliphatic hydroxyl groups is 1. The van der Waals surface area contributed by atoms with E-state index in [2.05, 4.69) is 55.4 Å². The highest BCUT2D eigenvalue weighted by Crippen LogP contribution is 2.45. The van der Waals surface area contributed by atoms with Crippen molar-refractivity contribution in [3.05, 3.63) is 0 Å². The number of unbranched alkanes of at least 4 members (excludes halogenated alkanes) is 38. The molecule has 17 nitrogen and oxygen atoms in total. The number of phosphoric acid groups is 2. The summed E-state index contributed by atoms with van der Waals surface area (Å²) in [5, 5.41) is 10.6. The van der Waals surface area contributed by atoms with E-state index in [-0.39, 0.29) is 25.7 Å². The first kappa shape index (κ1) is 93.1. The Morgan fingerprint density at radius 2 is 0.505 bits per heavy atom. The highest BCUT2D eigenvalue weighted by atomic mass is 31.2. The van der Waals surface area contributed by atoms with Crippen LogP contribution in [0.5, 0.6) is 0 Å². The molecular weight excluding hydrogens is 1250 g/mol. The van der Waals surface area contributed by atoms with Crippen molar-refractivity contribution in [2.24, 2.45) is 23.7 Å². The number of hydrogen-bond acceptors (Lipinski definition) is 15. The monoisotopic (exact) mass is 1400 g/mol. The van der Waals surface area contributed by atoms with E-state index in [0.717, 1.165) is 108 Å². The van der Waals surface area contributed by atoms with Gasteiger partial charge in [-0.05, 0) is 49.4 Å². The van der Waals surface area contributed by atoms with Crippen molar-refractivity contribution in [3.63, 3.8) is 0 Å². The van der Waals surface area contributed by atoms with Gasteiger partial charge in [-0.1, -0.05) is 331 Å². The molecule has 0 amide bonds. The van der Waals surface area contributed by atoms with E-state index in [1.54, 1.807) is 0 Å². The summed E-state index contributed by atoms with van der Waals surface area (Å²) in [4.78, 5) is 72.8. The molecule has 0 spiro atoms. The summed E-state index contributed by atoms with van der Waals surface area (Å²) >= 11 is 0. The molecule has 0 aromatic rings. The quantitative estimate of drug-likeness (QED) is 0.0222. The van der Waals surface area contributed by atoms with E-state index >= 15 is 0 Å². The molecular formula is C76H148O17P2.